The third kappa shape index (κ3) is 3.78. The number of rotatable bonds is 3. The maximum atomic E-state index is 13.0. The second kappa shape index (κ2) is 8.80. The van der Waals surface area contributed by atoms with Gasteiger partial charge in [-0.2, -0.15) is 0 Å². The molecule has 7 heteroatoms. The number of benzene rings is 1. The van der Waals surface area contributed by atoms with Gasteiger partial charge in [0.1, 0.15) is 0 Å². The van der Waals surface area contributed by atoms with Crippen molar-refractivity contribution < 1.29 is 9.59 Å². The van der Waals surface area contributed by atoms with Gasteiger partial charge in [-0.15, -0.1) is 23.7 Å². The Balaban J connectivity index is 0.00000225. The third-order valence-corrected chi connectivity index (χ3v) is 7.46. The monoisotopic (exact) mass is 421 g/mol. The highest BCUT2D eigenvalue weighted by Gasteiger charge is 2.36. The molecule has 2 N–H and O–H groups in total. The average Bonchev–Trinajstić information content (AvgIpc) is 3.32. The zero-order chi connectivity index (χ0) is 19.0. The number of carbonyl (C=O) groups is 2. The summed E-state index contributed by atoms with van der Waals surface area (Å²) >= 11 is 1.57. The van der Waals surface area contributed by atoms with Crippen LogP contribution < -0.4 is 5.73 Å². The van der Waals surface area contributed by atoms with Crippen molar-refractivity contribution in [1.82, 2.24) is 9.80 Å². The van der Waals surface area contributed by atoms with Crippen LogP contribution in [0.5, 0.6) is 0 Å². The Morgan fingerprint density at radius 3 is 2.46 bits per heavy atom. The lowest BCUT2D eigenvalue weighted by Crippen LogP contribution is -2.52. The van der Waals surface area contributed by atoms with Crippen LogP contribution in [0.2, 0.25) is 0 Å². The number of nitrogens with zero attached hydrogens (tertiary/aromatic N) is 2. The fourth-order valence-electron chi connectivity index (χ4n) is 4.53. The summed E-state index contributed by atoms with van der Waals surface area (Å²) in [5.41, 5.74) is 6.91. The van der Waals surface area contributed by atoms with Gasteiger partial charge in [0.05, 0.1) is 4.88 Å². The second-order valence-electron chi connectivity index (χ2n) is 7.70. The Labute approximate surface area is 176 Å². The minimum atomic E-state index is 0. The van der Waals surface area contributed by atoms with E-state index < -0.39 is 0 Å². The molecule has 2 aliphatic rings. The molecule has 0 radical (unpaired) electrons. The minimum absolute atomic E-state index is 0. The molecule has 28 heavy (non-hydrogen) atoms. The first kappa shape index (κ1) is 21.1. The first-order valence-electron chi connectivity index (χ1n) is 9.86. The van der Waals surface area contributed by atoms with E-state index >= 15 is 0 Å². The van der Waals surface area contributed by atoms with Gasteiger partial charge in [0.25, 0.3) is 5.91 Å². The Morgan fingerprint density at radius 1 is 1.11 bits per heavy atom. The molecule has 1 aliphatic carbocycles. The summed E-state index contributed by atoms with van der Waals surface area (Å²) in [4.78, 5) is 30.6. The number of piperazine rings is 1. The molecule has 5 nitrogen and oxygen atoms in total. The summed E-state index contributed by atoms with van der Waals surface area (Å²) in [6, 6.07) is 8.16. The third-order valence-electron chi connectivity index (χ3n) is 6.20. The van der Waals surface area contributed by atoms with E-state index in [-0.39, 0.29) is 30.1 Å². The van der Waals surface area contributed by atoms with Gasteiger partial charge >= 0.3 is 0 Å². The van der Waals surface area contributed by atoms with E-state index in [0.29, 0.717) is 38.6 Å². The first-order chi connectivity index (χ1) is 13.1. The smallest absolute Gasteiger partial charge is 0.264 e. The van der Waals surface area contributed by atoms with E-state index in [9.17, 15) is 9.59 Å². The fourth-order valence-corrected chi connectivity index (χ4v) is 5.71. The number of fused-ring (bicyclic) bond motifs is 1. The summed E-state index contributed by atoms with van der Waals surface area (Å²) in [6.07, 6.45) is 3.12. The van der Waals surface area contributed by atoms with Crippen molar-refractivity contribution in [1.29, 1.82) is 0 Å². The van der Waals surface area contributed by atoms with Gasteiger partial charge in [-0.25, -0.2) is 0 Å². The molecular weight excluding hydrogens is 394 g/mol. The molecule has 1 aliphatic heterocycles. The minimum Gasteiger partial charge on any atom is -0.339 e. The van der Waals surface area contributed by atoms with Gasteiger partial charge in [-0.05, 0) is 49.2 Å². The van der Waals surface area contributed by atoms with E-state index in [0.717, 1.165) is 39.8 Å². The lowest BCUT2D eigenvalue weighted by atomic mass is 9.94. The maximum absolute atomic E-state index is 13.0. The van der Waals surface area contributed by atoms with Crippen molar-refractivity contribution >= 4 is 45.6 Å². The topological polar surface area (TPSA) is 66.6 Å². The van der Waals surface area contributed by atoms with E-state index in [1.165, 1.54) is 0 Å². The molecule has 1 saturated heterocycles. The van der Waals surface area contributed by atoms with Crippen molar-refractivity contribution in [3.63, 3.8) is 0 Å². The van der Waals surface area contributed by atoms with Crippen LogP contribution >= 0.6 is 23.7 Å². The van der Waals surface area contributed by atoms with Crippen LogP contribution in [0, 0.1) is 18.8 Å². The molecule has 152 valence electrons. The normalized spacial score (nSPS) is 22.4. The van der Waals surface area contributed by atoms with Gasteiger partial charge in [0, 0.05) is 36.8 Å². The Bertz CT molecular complexity index is 860. The van der Waals surface area contributed by atoms with Crippen molar-refractivity contribution in [2.45, 2.75) is 26.2 Å². The Kier molecular flexibility index (Phi) is 6.63. The zero-order valence-corrected chi connectivity index (χ0v) is 17.9. The van der Waals surface area contributed by atoms with E-state index in [4.69, 9.17) is 5.73 Å². The predicted octanol–water partition coefficient (Wildman–Crippen LogP) is 3.29. The molecule has 2 aromatic rings. The molecule has 1 saturated carbocycles. The van der Waals surface area contributed by atoms with Crippen molar-refractivity contribution in [2.75, 3.05) is 32.7 Å². The van der Waals surface area contributed by atoms with Gasteiger partial charge in [0.15, 0.2) is 0 Å². The molecule has 2 fully saturated rings. The van der Waals surface area contributed by atoms with E-state index in [1.54, 1.807) is 11.3 Å². The molecule has 1 aromatic heterocycles. The van der Waals surface area contributed by atoms with Crippen LogP contribution in [0.4, 0.5) is 0 Å². The molecular formula is C21H28ClN3O2S. The predicted molar refractivity (Wildman–Crippen MR) is 116 cm³/mol. The number of carbonyl (C=O) groups excluding carboxylic acids is 2. The average molecular weight is 422 g/mol. The van der Waals surface area contributed by atoms with Crippen molar-refractivity contribution in [3.05, 3.63) is 34.7 Å². The standard InChI is InChI=1S/C21H27N3O2S.ClH/c1-14-16-6-2-3-8-18(16)27-19(14)21(26)24-11-9-23(10-12-24)20(25)17-7-4-5-15(17)13-22;/h2-3,6,8,15,17H,4-5,7,9-13,22H2,1H3;1H/t15-,17-;/m1./s1. The highest BCUT2D eigenvalue weighted by molar-refractivity contribution is 7.21. The van der Waals surface area contributed by atoms with Gasteiger partial charge < -0.3 is 15.5 Å². The number of amides is 2. The molecule has 1 aromatic carbocycles. The summed E-state index contributed by atoms with van der Waals surface area (Å²) < 4.78 is 1.15. The maximum Gasteiger partial charge on any atom is 0.264 e. The van der Waals surface area contributed by atoms with E-state index in [2.05, 4.69) is 12.1 Å². The summed E-state index contributed by atoms with van der Waals surface area (Å²) in [5.74, 6) is 0.759. The van der Waals surface area contributed by atoms with Gasteiger partial charge in [0.2, 0.25) is 5.91 Å². The summed E-state index contributed by atoms with van der Waals surface area (Å²) in [7, 11) is 0. The molecule has 0 bridgehead atoms. The lowest BCUT2D eigenvalue weighted by molar-refractivity contribution is -0.138. The second-order valence-corrected chi connectivity index (χ2v) is 8.76. The summed E-state index contributed by atoms with van der Waals surface area (Å²) in [6.45, 7) is 5.10. The van der Waals surface area contributed by atoms with Crippen molar-refractivity contribution in [2.24, 2.45) is 17.6 Å². The Hall–Kier alpha value is -1.63. The van der Waals surface area contributed by atoms with Crippen LogP contribution in [0.1, 0.15) is 34.5 Å². The fraction of sp³-hybridized carbons (Fsp3) is 0.524. The Morgan fingerprint density at radius 2 is 1.79 bits per heavy atom. The molecule has 2 amide bonds. The largest absolute Gasteiger partial charge is 0.339 e. The lowest BCUT2D eigenvalue weighted by Gasteiger charge is -2.36. The van der Waals surface area contributed by atoms with Crippen LogP contribution in [-0.4, -0.2) is 54.3 Å². The number of aryl methyl sites for hydroxylation is 1. The number of hydrogen-bond donors (Lipinski definition) is 1. The quantitative estimate of drug-likeness (QED) is 0.826. The van der Waals surface area contributed by atoms with E-state index in [1.807, 2.05) is 28.9 Å². The first-order valence-corrected chi connectivity index (χ1v) is 10.7. The molecule has 4 rings (SSSR count). The van der Waals surface area contributed by atoms with Gasteiger partial charge in [-0.1, -0.05) is 24.6 Å². The van der Waals surface area contributed by atoms with Gasteiger partial charge in [-0.3, -0.25) is 9.59 Å². The number of hydrogen-bond acceptors (Lipinski definition) is 4. The molecule has 0 spiro atoms. The molecule has 0 unspecified atom stereocenters. The highest BCUT2D eigenvalue weighted by Crippen LogP contribution is 2.33. The van der Waals surface area contributed by atoms with Crippen LogP contribution in [0.25, 0.3) is 10.1 Å². The molecule has 2 heterocycles. The van der Waals surface area contributed by atoms with Crippen LogP contribution in [0.3, 0.4) is 0 Å². The molecule has 2 atom stereocenters. The SMILES string of the molecule is Cc1c(C(=O)N2CCN(C(=O)[C@@H]3CCC[C@@H]3CN)CC2)sc2ccccc12.Cl. The highest BCUT2D eigenvalue weighted by atomic mass is 35.5. The zero-order valence-electron chi connectivity index (χ0n) is 16.2. The number of nitrogens with two attached hydrogens (primary N) is 1. The van der Waals surface area contributed by atoms with Crippen LogP contribution in [-0.2, 0) is 4.79 Å². The number of thiophene rings is 1. The number of halogens is 1. The summed E-state index contributed by atoms with van der Waals surface area (Å²) in [5, 5.41) is 1.16. The van der Waals surface area contributed by atoms with Crippen LogP contribution in [0.15, 0.2) is 24.3 Å². The van der Waals surface area contributed by atoms with Crippen molar-refractivity contribution in [3.8, 4) is 0 Å².